The smallest absolute Gasteiger partial charge is 0.203 e. The van der Waals surface area contributed by atoms with Gasteiger partial charge in [0.1, 0.15) is 17.6 Å². The second-order valence-electron chi connectivity index (χ2n) is 4.91. The van der Waals surface area contributed by atoms with Gasteiger partial charge in [0.15, 0.2) is 6.29 Å². The second-order valence-corrected chi connectivity index (χ2v) is 4.91. The third-order valence-electron chi connectivity index (χ3n) is 2.87. The van der Waals surface area contributed by atoms with Crippen molar-refractivity contribution in [2.24, 2.45) is 5.92 Å². The Kier molecular flexibility index (Phi) is 3.69. The molecule has 100 valence electrons. The summed E-state index contributed by atoms with van der Waals surface area (Å²) in [6.07, 6.45) is 1.70. The number of fused-ring (bicyclic) bond motifs is 1. The van der Waals surface area contributed by atoms with E-state index in [1.807, 2.05) is 6.92 Å². The lowest BCUT2D eigenvalue weighted by atomic mass is 10.1. The lowest BCUT2D eigenvalue weighted by Gasteiger charge is -2.12. The number of rotatable bonds is 4. The number of aryl methyl sites for hydroxylation is 1. The van der Waals surface area contributed by atoms with E-state index >= 15 is 0 Å². The molecule has 0 saturated carbocycles. The second kappa shape index (κ2) is 5.26. The van der Waals surface area contributed by atoms with E-state index in [1.54, 1.807) is 12.1 Å². The van der Waals surface area contributed by atoms with Crippen LogP contribution in [-0.4, -0.2) is 12.9 Å². The minimum Gasteiger partial charge on any atom is -0.493 e. The van der Waals surface area contributed by atoms with Gasteiger partial charge in [0.25, 0.3) is 0 Å². The molecule has 2 aromatic rings. The molecule has 0 aliphatic carbocycles. The summed E-state index contributed by atoms with van der Waals surface area (Å²) in [7, 11) is 0. The average Bonchev–Trinajstić information content (AvgIpc) is 2.38. The van der Waals surface area contributed by atoms with Crippen LogP contribution in [0.25, 0.3) is 11.0 Å². The SMILES string of the molecule is Cc1c(OCC(C)C)ccc2c(=O)c(C=O)coc12. The molecule has 4 heteroatoms. The molecule has 0 aliphatic heterocycles. The van der Waals surface area contributed by atoms with Gasteiger partial charge in [-0.1, -0.05) is 13.8 Å². The molecule has 0 saturated heterocycles. The van der Waals surface area contributed by atoms with Crippen LogP contribution < -0.4 is 10.2 Å². The maximum Gasteiger partial charge on any atom is 0.203 e. The zero-order valence-corrected chi connectivity index (χ0v) is 11.2. The third-order valence-corrected chi connectivity index (χ3v) is 2.87. The largest absolute Gasteiger partial charge is 0.493 e. The Bertz CT molecular complexity index is 668. The first-order chi connectivity index (χ1) is 9.04. The fourth-order valence-electron chi connectivity index (χ4n) is 1.83. The molecule has 0 spiro atoms. The Hall–Kier alpha value is -2.10. The zero-order valence-electron chi connectivity index (χ0n) is 11.2. The molecule has 0 N–H and O–H groups in total. The van der Waals surface area contributed by atoms with Crippen molar-refractivity contribution in [2.75, 3.05) is 6.61 Å². The first-order valence-electron chi connectivity index (χ1n) is 6.17. The Morgan fingerprint density at radius 3 is 2.74 bits per heavy atom. The van der Waals surface area contributed by atoms with Crippen molar-refractivity contribution in [3.05, 3.63) is 39.7 Å². The first-order valence-corrected chi connectivity index (χ1v) is 6.17. The van der Waals surface area contributed by atoms with Crippen molar-refractivity contribution < 1.29 is 13.9 Å². The van der Waals surface area contributed by atoms with Gasteiger partial charge in [-0.2, -0.15) is 0 Å². The molecule has 0 aliphatic rings. The lowest BCUT2D eigenvalue weighted by Crippen LogP contribution is -2.09. The number of carbonyl (C=O) groups is 1. The number of hydrogen-bond donors (Lipinski definition) is 0. The van der Waals surface area contributed by atoms with Crippen LogP contribution >= 0.6 is 0 Å². The molecule has 0 radical (unpaired) electrons. The highest BCUT2D eigenvalue weighted by atomic mass is 16.5. The number of benzene rings is 1. The number of aldehydes is 1. The van der Waals surface area contributed by atoms with Crippen LogP contribution in [0.3, 0.4) is 0 Å². The molecular formula is C15H16O4. The molecule has 0 fully saturated rings. The van der Waals surface area contributed by atoms with Crippen LogP contribution in [0.4, 0.5) is 0 Å². The average molecular weight is 260 g/mol. The van der Waals surface area contributed by atoms with E-state index in [-0.39, 0.29) is 11.0 Å². The summed E-state index contributed by atoms with van der Waals surface area (Å²) in [5.74, 6) is 1.11. The quantitative estimate of drug-likeness (QED) is 0.793. The number of hydrogen-bond acceptors (Lipinski definition) is 4. The summed E-state index contributed by atoms with van der Waals surface area (Å²) in [5.41, 5.74) is 0.960. The minimum atomic E-state index is -0.310. The van der Waals surface area contributed by atoms with Gasteiger partial charge in [0.2, 0.25) is 5.43 Å². The normalized spacial score (nSPS) is 10.9. The molecule has 0 bridgehead atoms. The third kappa shape index (κ3) is 2.52. The molecule has 0 amide bonds. The summed E-state index contributed by atoms with van der Waals surface area (Å²) in [5, 5.41) is 0.402. The van der Waals surface area contributed by atoms with Crippen LogP contribution in [0, 0.1) is 12.8 Å². The van der Waals surface area contributed by atoms with Crippen molar-refractivity contribution in [1.82, 2.24) is 0 Å². The predicted octanol–water partition coefficient (Wildman–Crippen LogP) is 2.95. The van der Waals surface area contributed by atoms with Gasteiger partial charge in [-0.15, -0.1) is 0 Å². The molecule has 0 unspecified atom stereocenters. The van der Waals surface area contributed by atoms with E-state index in [0.717, 1.165) is 5.56 Å². The molecule has 4 nitrogen and oxygen atoms in total. The van der Waals surface area contributed by atoms with Crippen molar-refractivity contribution in [3.63, 3.8) is 0 Å². The number of carbonyl (C=O) groups excluding carboxylic acids is 1. The molecule has 1 aromatic carbocycles. The summed E-state index contributed by atoms with van der Waals surface area (Å²) in [6, 6.07) is 3.38. The Balaban J connectivity index is 2.54. The summed E-state index contributed by atoms with van der Waals surface area (Å²) in [6.45, 7) is 6.56. The van der Waals surface area contributed by atoms with E-state index in [9.17, 15) is 9.59 Å². The van der Waals surface area contributed by atoms with Gasteiger partial charge in [0, 0.05) is 5.56 Å². The Morgan fingerprint density at radius 2 is 2.11 bits per heavy atom. The van der Waals surface area contributed by atoms with Crippen molar-refractivity contribution in [1.29, 1.82) is 0 Å². The Morgan fingerprint density at radius 1 is 1.37 bits per heavy atom. The van der Waals surface area contributed by atoms with Gasteiger partial charge in [-0.05, 0) is 25.0 Å². The van der Waals surface area contributed by atoms with E-state index in [4.69, 9.17) is 9.15 Å². The standard InChI is InChI=1S/C15H16O4/c1-9(2)7-18-13-5-4-12-14(17)11(6-16)8-19-15(12)10(13)3/h4-6,8-9H,7H2,1-3H3. The van der Waals surface area contributed by atoms with E-state index < -0.39 is 0 Å². The zero-order chi connectivity index (χ0) is 14.0. The topological polar surface area (TPSA) is 56.5 Å². The van der Waals surface area contributed by atoms with Gasteiger partial charge in [-0.25, -0.2) is 0 Å². The predicted molar refractivity (Wildman–Crippen MR) is 72.9 cm³/mol. The van der Waals surface area contributed by atoms with Crippen LogP contribution in [0.5, 0.6) is 5.75 Å². The minimum absolute atomic E-state index is 0.0303. The summed E-state index contributed by atoms with van der Waals surface area (Å²) in [4.78, 5) is 22.7. The van der Waals surface area contributed by atoms with E-state index in [0.29, 0.717) is 35.5 Å². The summed E-state index contributed by atoms with van der Waals surface area (Å²) < 4.78 is 11.1. The van der Waals surface area contributed by atoms with Gasteiger partial charge in [0.05, 0.1) is 17.6 Å². The van der Waals surface area contributed by atoms with Crippen molar-refractivity contribution in [2.45, 2.75) is 20.8 Å². The van der Waals surface area contributed by atoms with E-state index in [2.05, 4.69) is 13.8 Å². The van der Waals surface area contributed by atoms with Crippen molar-refractivity contribution in [3.8, 4) is 5.75 Å². The molecular weight excluding hydrogens is 244 g/mol. The molecule has 19 heavy (non-hydrogen) atoms. The fraction of sp³-hybridized carbons (Fsp3) is 0.333. The van der Waals surface area contributed by atoms with Crippen LogP contribution in [-0.2, 0) is 0 Å². The highest BCUT2D eigenvalue weighted by Crippen LogP contribution is 2.26. The lowest BCUT2D eigenvalue weighted by molar-refractivity contribution is 0.112. The van der Waals surface area contributed by atoms with Crippen LogP contribution in [0.1, 0.15) is 29.8 Å². The van der Waals surface area contributed by atoms with Gasteiger partial charge < -0.3 is 9.15 Å². The number of ether oxygens (including phenoxy) is 1. The molecule has 0 atom stereocenters. The maximum atomic E-state index is 12.0. The van der Waals surface area contributed by atoms with Gasteiger partial charge >= 0.3 is 0 Å². The molecule has 1 aromatic heterocycles. The van der Waals surface area contributed by atoms with Crippen LogP contribution in [0.15, 0.2) is 27.6 Å². The summed E-state index contributed by atoms with van der Waals surface area (Å²) >= 11 is 0. The molecule has 2 rings (SSSR count). The monoisotopic (exact) mass is 260 g/mol. The van der Waals surface area contributed by atoms with E-state index in [1.165, 1.54) is 6.26 Å². The first kappa shape index (κ1) is 13.3. The fourth-order valence-corrected chi connectivity index (χ4v) is 1.83. The highest BCUT2D eigenvalue weighted by Gasteiger charge is 2.12. The van der Waals surface area contributed by atoms with Crippen LogP contribution in [0.2, 0.25) is 0 Å². The Labute approximate surface area is 111 Å². The van der Waals surface area contributed by atoms with Crippen molar-refractivity contribution >= 4 is 17.3 Å². The molecule has 1 heterocycles. The highest BCUT2D eigenvalue weighted by molar-refractivity contribution is 5.86. The maximum absolute atomic E-state index is 12.0. The van der Waals surface area contributed by atoms with Gasteiger partial charge in [-0.3, -0.25) is 9.59 Å².